The van der Waals surface area contributed by atoms with E-state index in [0.29, 0.717) is 59.0 Å². The molecule has 268 valence electrons. The van der Waals surface area contributed by atoms with Crippen molar-refractivity contribution in [2.45, 2.75) is 32.6 Å². The molecule has 0 saturated heterocycles. The zero-order chi connectivity index (χ0) is 37.4. The van der Waals surface area contributed by atoms with E-state index in [-0.39, 0.29) is 24.4 Å². The number of rotatable bonds is 15. The average molecular weight is 717 g/mol. The summed E-state index contributed by atoms with van der Waals surface area (Å²) in [5.74, 6) is -1.46. The molecule has 0 radical (unpaired) electrons. The molecule has 1 aromatic heterocycles. The number of amides is 1. The Morgan fingerprint density at radius 3 is 2.02 bits per heavy atom. The monoisotopic (exact) mass is 716 g/mol. The molecule has 0 bridgehead atoms. The molecular formula is C45H36N2O7. The fourth-order valence-corrected chi connectivity index (χ4v) is 6.43. The maximum atomic E-state index is 14.4. The number of carboxylic acid groups (broad SMARTS) is 1. The van der Waals surface area contributed by atoms with Crippen molar-refractivity contribution in [1.29, 1.82) is 0 Å². The van der Waals surface area contributed by atoms with Gasteiger partial charge in [0.1, 0.15) is 24.7 Å². The fourth-order valence-electron chi connectivity index (χ4n) is 6.43. The summed E-state index contributed by atoms with van der Waals surface area (Å²) < 4.78 is 14.6. The molecule has 0 atom stereocenters. The van der Waals surface area contributed by atoms with E-state index in [0.717, 1.165) is 21.9 Å². The first-order valence-corrected chi connectivity index (χ1v) is 17.5. The van der Waals surface area contributed by atoms with E-state index in [4.69, 9.17) is 14.6 Å². The highest BCUT2D eigenvalue weighted by Crippen LogP contribution is 2.34. The van der Waals surface area contributed by atoms with E-state index in [9.17, 15) is 19.2 Å². The summed E-state index contributed by atoms with van der Waals surface area (Å²) in [6.07, 6.45) is 0.228. The smallest absolute Gasteiger partial charge is 0.335 e. The van der Waals surface area contributed by atoms with Crippen molar-refractivity contribution in [1.82, 2.24) is 4.57 Å². The topological polar surface area (TPSA) is 124 Å². The maximum absolute atomic E-state index is 14.4. The first-order valence-electron chi connectivity index (χ1n) is 17.5. The van der Waals surface area contributed by atoms with Crippen molar-refractivity contribution in [3.05, 3.63) is 174 Å². The lowest BCUT2D eigenvalue weighted by molar-refractivity contribution is -0.134. The summed E-state index contributed by atoms with van der Waals surface area (Å²) in [6.45, 7) is 0.717. The van der Waals surface area contributed by atoms with Crippen LogP contribution in [0.15, 0.2) is 146 Å². The number of aryl methyl sites for hydroxylation is 1. The van der Waals surface area contributed by atoms with Crippen LogP contribution in [-0.4, -0.2) is 33.1 Å². The Morgan fingerprint density at radius 2 is 1.28 bits per heavy atom. The van der Waals surface area contributed by atoms with E-state index in [1.807, 2.05) is 114 Å². The van der Waals surface area contributed by atoms with Crippen LogP contribution in [0.4, 0.5) is 5.69 Å². The number of carbonyl (C=O) groups is 4. The molecule has 9 heteroatoms. The Bertz CT molecular complexity index is 2470. The number of hydrogen-bond donors (Lipinski definition) is 2. The number of benzene rings is 6. The fraction of sp³-hybridized carbons (Fsp3) is 0.111. The lowest BCUT2D eigenvalue weighted by Crippen LogP contribution is -2.23. The molecule has 2 N–H and O–H groups in total. The highest BCUT2D eigenvalue weighted by atomic mass is 16.5. The molecule has 6 aromatic carbocycles. The van der Waals surface area contributed by atoms with Crippen LogP contribution in [0, 0.1) is 0 Å². The van der Waals surface area contributed by atoms with Gasteiger partial charge in [-0.1, -0.05) is 91.0 Å². The number of fused-ring (bicyclic) bond motifs is 2. The Morgan fingerprint density at radius 1 is 0.630 bits per heavy atom. The molecule has 0 fully saturated rings. The summed E-state index contributed by atoms with van der Waals surface area (Å²) in [5.41, 5.74) is 3.76. The average Bonchev–Trinajstić information content (AvgIpc) is 3.51. The van der Waals surface area contributed by atoms with E-state index in [1.54, 1.807) is 12.1 Å². The second-order valence-electron chi connectivity index (χ2n) is 12.8. The molecule has 0 unspecified atom stereocenters. The SMILES string of the molecule is O=C(CCCn1c(COc2ccc3ccccc3c2)c(C(=O)c2ccccc2)c2cc(OCc3ccccc3)ccc21)C(=O)Nc1ccc(C(=O)O)cc1. The second kappa shape index (κ2) is 16.1. The lowest BCUT2D eigenvalue weighted by atomic mass is 10.00. The second-order valence-corrected chi connectivity index (χ2v) is 12.8. The molecule has 9 nitrogen and oxygen atoms in total. The normalized spacial score (nSPS) is 11.0. The van der Waals surface area contributed by atoms with Gasteiger partial charge in [-0.15, -0.1) is 0 Å². The van der Waals surface area contributed by atoms with Crippen LogP contribution in [0.5, 0.6) is 11.5 Å². The predicted octanol–water partition coefficient (Wildman–Crippen LogP) is 8.87. The van der Waals surface area contributed by atoms with Gasteiger partial charge in [-0.25, -0.2) is 4.79 Å². The number of carbonyl (C=O) groups excluding carboxylic acids is 3. The number of ketones is 2. The molecule has 0 aliphatic carbocycles. The zero-order valence-corrected chi connectivity index (χ0v) is 29.2. The standard InChI is InChI=1S/C45H36N2O7/c48-41(44(50)46-35-20-17-33(18-21-35)45(51)52)16-9-25-47-39-24-23-37(53-28-30-10-3-1-4-11-30)27-38(39)42(43(49)32-13-5-2-6-14-32)40(47)29-54-36-22-19-31-12-7-8-15-34(31)26-36/h1-8,10-15,17-24,26-27H,9,16,25,28-29H2,(H,46,50)(H,51,52). The van der Waals surface area contributed by atoms with Crippen molar-refractivity contribution >= 4 is 50.8 Å². The Hall–Kier alpha value is -7.00. The largest absolute Gasteiger partial charge is 0.489 e. The lowest BCUT2D eigenvalue weighted by Gasteiger charge is -2.14. The summed E-state index contributed by atoms with van der Waals surface area (Å²) in [5, 5.41) is 14.5. The third kappa shape index (κ3) is 8.05. The first kappa shape index (κ1) is 35.4. The van der Waals surface area contributed by atoms with Crippen LogP contribution in [0.3, 0.4) is 0 Å². The molecule has 0 aliphatic rings. The molecule has 7 aromatic rings. The van der Waals surface area contributed by atoms with Gasteiger partial charge >= 0.3 is 5.97 Å². The molecule has 54 heavy (non-hydrogen) atoms. The van der Waals surface area contributed by atoms with Gasteiger partial charge in [-0.05, 0) is 77.4 Å². The van der Waals surface area contributed by atoms with Crippen molar-refractivity contribution in [3.8, 4) is 11.5 Å². The maximum Gasteiger partial charge on any atom is 0.335 e. The van der Waals surface area contributed by atoms with Gasteiger partial charge in [0.2, 0.25) is 5.78 Å². The van der Waals surface area contributed by atoms with Crippen molar-refractivity contribution in [2.24, 2.45) is 0 Å². The quantitative estimate of drug-likeness (QED) is 0.0803. The number of carboxylic acids is 1. The van der Waals surface area contributed by atoms with Crippen LogP contribution in [0.2, 0.25) is 0 Å². The number of nitrogens with zero attached hydrogens (tertiary/aromatic N) is 1. The minimum Gasteiger partial charge on any atom is -0.489 e. The highest BCUT2D eigenvalue weighted by Gasteiger charge is 2.25. The first-order chi connectivity index (χ1) is 26.3. The predicted molar refractivity (Wildman–Crippen MR) is 207 cm³/mol. The summed E-state index contributed by atoms with van der Waals surface area (Å²) in [6, 6.07) is 43.9. The van der Waals surface area contributed by atoms with E-state index >= 15 is 0 Å². The van der Waals surface area contributed by atoms with Crippen molar-refractivity contribution in [2.75, 3.05) is 5.32 Å². The van der Waals surface area contributed by atoms with Gasteiger partial charge in [-0.2, -0.15) is 0 Å². The number of ether oxygens (including phenoxy) is 2. The van der Waals surface area contributed by atoms with E-state index in [2.05, 4.69) is 5.32 Å². The van der Waals surface area contributed by atoms with Gasteiger partial charge < -0.3 is 24.5 Å². The van der Waals surface area contributed by atoms with Gasteiger partial charge in [-0.3, -0.25) is 14.4 Å². The third-order valence-corrected chi connectivity index (χ3v) is 9.18. The molecular weight excluding hydrogens is 681 g/mol. The Balaban J connectivity index is 1.21. The van der Waals surface area contributed by atoms with Crippen LogP contribution < -0.4 is 14.8 Å². The molecule has 0 spiro atoms. The Kier molecular flexibility index (Phi) is 10.6. The summed E-state index contributed by atoms with van der Waals surface area (Å²) >= 11 is 0. The van der Waals surface area contributed by atoms with Crippen LogP contribution in [0.1, 0.15) is 50.4 Å². The number of aromatic nitrogens is 1. The highest BCUT2D eigenvalue weighted by molar-refractivity contribution is 6.40. The minimum atomic E-state index is -1.09. The molecule has 7 rings (SSSR count). The summed E-state index contributed by atoms with van der Waals surface area (Å²) in [4.78, 5) is 51.4. The van der Waals surface area contributed by atoms with Gasteiger partial charge in [0.15, 0.2) is 5.78 Å². The molecule has 0 aliphatic heterocycles. The molecule has 1 amide bonds. The number of nitrogens with one attached hydrogen (secondary N) is 1. The number of aromatic carboxylic acids is 1. The van der Waals surface area contributed by atoms with E-state index < -0.39 is 17.7 Å². The Labute approximate surface area is 311 Å². The zero-order valence-electron chi connectivity index (χ0n) is 29.2. The summed E-state index contributed by atoms with van der Waals surface area (Å²) in [7, 11) is 0. The van der Waals surface area contributed by atoms with Crippen molar-refractivity contribution in [3.63, 3.8) is 0 Å². The van der Waals surface area contributed by atoms with Crippen LogP contribution >= 0.6 is 0 Å². The van der Waals surface area contributed by atoms with Gasteiger partial charge in [0, 0.05) is 35.1 Å². The van der Waals surface area contributed by atoms with Gasteiger partial charge in [0.25, 0.3) is 5.91 Å². The molecule has 1 heterocycles. The molecule has 0 saturated carbocycles. The van der Waals surface area contributed by atoms with Crippen molar-refractivity contribution < 1.29 is 33.8 Å². The third-order valence-electron chi connectivity index (χ3n) is 9.18. The van der Waals surface area contributed by atoms with E-state index in [1.165, 1.54) is 24.3 Å². The number of Topliss-reactive ketones (excluding diaryl/α,β-unsaturated/α-hetero) is 1. The van der Waals surface area contributed by atoms with Gasteiger partial charge in [0.05, 0.1) is 16.8 Å². The van der Waals surface area contributed by atoms with Crippen LogP contribution in [-0.2, 0) is 29.3 Å². The number of hydrogen-bond acceptors (Lipinski definition) is 6. The number of anilines is 1. The minimum absolute atomic E-state index is 0.0574. The van der Waals surface area contributed by atoms with Crippen LogP contribution in [0.25, 0.3) is 21.7 Å².